The van der Waals surface area contributed by atoms with Crippen molar-refractivity contribution < 1.29 is 120 Å². The van der Waals surface area contributed by atoms with E-state index in [9.17, 15) is 52.7 Å². The van der Waals surface area contributed by atoms with Crippen LogP contribution in [0.15, 0.2) is 170 Å². The average Bonchev–Trinajstić information content (AvgIpc) is 1.74. The summed E-state index contributed by atoms with van der Waals surface area (Å²) < 4.78 is 53.5. The molecular formula is C75H52N6O25S. The second-order valence-electron chi connectivity index (χ2n) is 23.2. The lowest BCUT2D eigenvalue weighted by molar-refractivity contribution is -0.120. The molecule has 0 radical (unpaired) electrons. The van der Waals surface area contributed by atoms with Gasteiger partial charge in [0.25, 0.3) is 12.4 Å². The summed E-state index contributed by atoms with van der Waals surface area (Å²) in [6, 6.07) is 40.8. The molecule has 1 amide bonds. The van der Waals surface area contributed by atoms with Crippen molar-refractivity contribution in [2.75, 3.05) is 0 Å². The molecule has 10 aromatic rings. The van der Waals surface area contributed by atoms with Crippen LogP contribution in [0.5, 0.6) is 5.75 Å². The number of hydrogen-bond donors (Lipinski definition) is 5. The largest absolute Gasteiger partial charge is 0.457 e. The smallest absolute Gasteiger partial charge is 0.338 e. The van der Waals surface area contributed by atoms with Crippen molar-refractivity contribution in [3.63, 3.8) is 0 Å². The molecule has 3 aromatic heterocycles. The van der Waals surface area contributed by atoms with Crippen LogP contribution in [0, 0.1) is 0 Å². The zero-order chi connectivity index (χ0) is 75.3. The van der Waals surface area contributed by atoms with E-state index in [1.54, 1.807) is 127 Å². The van der Waals surface area contributed by atoms with Crippen molar-refractivity contribution in [1.29, 1.82) is 0 Å². The van der Waals surface area contributed by atoms with Gasteiger partial charge in [0, 0.05) is 85.5 Å². The minimum Gasteiger partial charge on any atom is -0.457 e. The van der Waals surface area contributed by atoms with Gasteiger partial charge in [0.05, 0.1) is 51.8 Å². The average molecular weight is 1470 g/mol. The van der Waals surface area contributed by atoms with E-state index < -0.39 is 0 Å². The van der Waals surface area contributed by atoms with E-state index in [0.717, 1.165) is 73.0 Å². The molecule has 0 bridgehead atoms. The molecule has 32 heteroatoms. The van der Waals surface area contributed by atoms with Crippen LogP contribution in [0.3, 0.4) is 0 Å². The number of oxime groups is 1. The van der Waals surface area contributed by atoms with Crippen molar-refractivity contribution >= 4 is 96.4 Å². The molecule has 0 saturated carbocycles. The number of ether oxygens (including phenoxy) is 8. The van der Waals surface area contributed by atoms with E-state index >= 15 is 0 Å². The van der Waals surface area contributed by atoms with Gasteiger partial charge < -0.3 is 72.2 Å². The number of rotatable bonds is 11. The summed E-state index contributed by atoms with van der Waals surface area (Å²) in [7, 11) is 0. The first-order chi connectivity index (χ1) is 51.9. The summed E-state index contributed by atoms with van der Waals surface area (Å²) in [6.45, 7) is 2.19. The second-order valence-corrected chi connectivity index (χ2v) is 23.6. The van der Waals surface area contributed by atoms with Crippen LogP contribution >= 0.6 is 12.2 Å². The standard InChI is InChI=1S/C15H9N3O4S.C12H9NO4.C12H7NO4.C9H7NO3.C9H6O4.C9H8O3.C9H6O3/c19-13-12(16-15(23)17-13)5-9-4-11(18-22-9)7-1-2-10-8(3-7)6-21-14(10)20;2*14-5-9-4-11(13-17-9)7-1-2-10-8(3-7)6-16-12(10)15;11-9-8-2-1-6(4-10-12)3-7(8)5-13-9;10-5-13-7-1-2-8-6(3-7)4-12-9(8)11;2*10-4-6-1-2-8-7(3-6)5-12-9(8)11/h1-5H,6H2,(H2,16,17,19,23);1-4,14H,5-6H2;1-5H,6H2;1-4,12H,5H2;1-3,5H,4H2;1-3,10H,4-5H2;1-4H,5H2/b12-5-;;;;;;. The Hall–Kier alpha value is -14.2. The number of nitrogens with one attached hydrogen (secondary N) is 2. The highest BCUT2D eigenvalue weighted by Gasteiger charge is 2.28. The van der Waals surface area contributed by atoms with Gasteiger partial charge in [-0.25, -0.2) is 33.6 Å². The number of carbonyl (C=O) groups is 11. The van der Waals surface area contributed by atoms with Crippen molar-refractivity contribution in [3.8, 4) is 39.5 Å². The van der Waals surface area contributed by atoms with Crippen LogP contribution in [0.25, 0.3) is 39.8 Å². The Kier molecular flexibility index (Phi) is 22.3. The zero-order valence-electron chi connectivity index (χ0n) is 55.1. The highest BCUT2D eigenvalue weighted by Crippen LogP contribution is 2.32. The van der Waals surface area contributed by atoms with E-state index in [1.165, 1.54) is 12.3 Å². The Morgan fingerprint density at radius 3 is 1.22 bits per heavy atom. The summed E-state index contributed by atoms with van der Waals surface area (Å²) >= 11 is 4.86. The molecule has 11 heterocycles. The number of fused-ring (bicyclic) bond motifs is 7. The first kappa shape index (κ1) is 72.5. The molecule has 18 rings (SSSR count). The Labute approximate surface area is 606 Å². The number of aromatic nitrogens is 3. The third kappa shape index (κ3) is 17.0. The number of aliphatic hydroxyl groups is 2. The number of nitrogens with zero attached hydrogens (tertiary/aromatic N) is 4. The number of aldehydes is 2. The third-order valence-corrected chi connectivity index (χ3v) is 16.6. The topological polar surface area (TPSA) is 437 Å². The van der Waals surface area contributed by atoms with Crippen LogP contribution in [-0.2, 0) is 102 Å². The molecular weight excluding hydrogens is 1420 g/mol. The van der Waals surface area contributed by atoms with E-state index in [-0.39, 0.29) is 98.2 Å². The Balaban J connectivity index is 0.000000118. The minimum atomic E-state index is -0.326. The third-order valence-electron chi connectivity index (χ3n) is 16.4. The molecule has 5 N–H and O–H groups in total. The van der Waals surface area contributed by atoms with E-state index in [4.69, 9.17) is 74.4 Å². The van der Waals surface area contributed by atoms with E-state index in [2.05, 4.69) is 36.0 Å². The lowest BCUT2D eigenvalue weighted by Crippen LogP contribution is -2.21. The lowest BCUT2D eigenvalue weighted by Gasteiger charge is -1.98. The first-order valence-corrected chi connectivity index (χ1v) is 32.0. The Morgan fingerprint density at radius 1 is 0.421 bits per heavy atom. The Morgan fingerprint density at radius 2 is 0.813 bits per heavy atom. The number of benzene rings is 7. The van der Waals surface area contributed by atoms with Gasteiger partial charge in [-0.1, -0.05) is 57.0 Å². The predicted octanol–water partition coefficient (Wildman–Crippen LogP) is 8.76. The minimum absolute atomic E-state index is 0.00146. The summed E-state index contributed by atoms with van der Waals surface area (Å²) in [4.78, 5) is 120. The van der Waals surface area contributed by atoms with Gasteiger partial charge in [-0.3, -0.25) is 24.5 Å². The highest BCUT2D eigenvalue weighted by molar-refractivity contribution is 7.80. The second kappa shape index (κ2) is 32.8. The molecule has 538 valence electrons. The molecule has 7 aromatic carbocycles. The number of hydrogen-bond acceptors (Lipinski definition) is 30. The van der Waals surface area contributed by atoms with Crippen molar-refractivity contribution in [2.24, 2.45) is 5.16 Å². The molecule has 1 saturated heterocycles. The molecule has 1 fully saturated rings. The normalized spacial score (nSPS) is 14.7. The summed E-state index contributed by atoms with van der Waals surface area (Å²) in [5.41, 5.74) is 16.5. The van der Waals surface area contributed by atoms with Gasteiger partial charge >= 0.3 is 41.8 Å². The van der Waals surface area contributed by atoms with Gasteiger partial charge in [-0.15, -0.1) is 0 Å². The van der Waals surface area contributed by atoms with E-state index in [1.807, 2.05) is 18.2 Å². The van der Waals surface area contributed by atoms with Gasteiger partial charge in [-0.2, -0.15) is 0 Å². The van der Waals surface area contributed by atoms with Gasteiger partial charge in [0.15, 0.2) is 28.7 Å². The fourth-order valence-corrected chi connectivity index (χ4v) is 11.3. The molecule has 0 unspecified atom stereocenters. The molecule has 0 aliphatic carbocycles. The van der Waals surface area contributed by atoms with E-state index in [0.29, 0.717) is 117 Å². The number of cyclic esters (lactones) is 7. The van der Waals surface area contributed by atoms with Crippen molar-refractivity contribution in [1.82, 2.24) is 26.1 Å². The number of thiocarbonyl (C=S) groups is 1. The van der Waals surface area contributed by atoms with Crippen LogP contribution in [0.1, 0.15) is 155 Å². The maximum absolute atomic E-state index is 11.6. The number of esters is 7. The summed E-state index contributed by atoms with van der Waals surface area (Å²) in [5, 5.41) is 45.9. The molecule has 31 nitrogen and oxygen atoms in total. The predicted molar refractivity (Wildman–Crippen MR) is 366 cm³/mol. The van der Waals surface area contributed by atoms with Crippen LogP contribution < -0.4 is 15.4 Å². The number of amides is 1. The zero-order valence-corrected chi connectivity index (χ0v) is 55.9. The highest BCUT2D eigenvalue weighted by atomic mass is 32.1. The molecule has 0 spiro atoms. The SMILES string of the molecule is O=C1NC(=S)N/C1=C\c1cc(-c2ccc3c(c2)COC3=O)no1.O=C1OCc2cc(-c3cc(CO)on3)ccc21.O=C1OCc2cc(C=NO)ccc21.O=C1OCc2cc(CO)ccc21.O=COc1ccc2c(c1)COC2=O.O=Cc1cc(-c2ccc3c(c2)COC3=O)no1.O=Cc1ccc2c(c1)COC2=O. The maximum Gasteiger partial charge on any atom is 0.338 e. The molecule has 0 atom stereocenters. The maximum atomic E-state index is 11.6. The fourth-order valence-electron chi connectivity index (χ4n) is 11.1. The molecule has 8 aliphatic heterocycles. The van der Waals surface area contributed by atoms with Crippen molar-refractivity contribution in [3.05, 3.63) is 263 Å². The number of carbonyl (C=O) groups excluding carboxylic acids is 11. The quantitative estimate of drug-likeness (QED) is 0.0118. The summed E-state index contributed by atoms with van der Waals surface area (Å²) in [6.07, 6.45) is 4.17. The van der Waals surface area contributed by atoms with Gasteiger partial charge in [-0.05, 0) is 114 Å². The first-order valence-electron chi connectivity index (χ1n) is 31.6. The van der Waals surface area contributed by atoms with Gasteiger partial charge in [0.1, 0.15) is 87.7 Å². The van der Waals surface area contributed by atoms with Crippen LogP contribution in [-0.4, -0.2) is 109 Å². The fraction of sp³-hybridized carbons (Fsp3) is 0.120. The summed E-state index contributed by atoms with van der Waals surface area (Å²) in [5.74, 6) is -0.995. The van der Waals surface area contributed by atoms with Gasteiger partial charge in [0.2, 0.25) is 0 Å². The van der Waals surface area contributed by atoms with Crippen LogP contribution in [0.4, 0.5) is 0 Å². The van der Waals surface area contributed by atoms with Crippen LogP contribution in [0.2, 0.25) is 0 Å². The Bertz CT molecular complexity index is 5340. The molecule has 107 heavy (non-hydrogen) atoms. The molecule has 8 aliphatic rings. The lowest BCUT2D eigenvalue weighted by atomic mass is 10.0. The van der Waals surface area contributed by atoms with Crippen molar-refractivity contribution in [2.45, 2.75) is 59.5 Å². The monoisotopic (exact) mass is 1470 g/mol. The number of aliphatic hydroxyl groups excluding tert-OH is 2.